The molecule has 24 heavy (non-hydrogen) atoms. The molecule has 4 rings (SSSR count). The van der Waals surface area contributed by atoms with E-state index in [0.717, 1.165) is 38.2 Å². The van der Waals surface area contributed by atoms with E-state index in [2.05, 4.69) is 26.7 Å². The van der Waals surface area contributed by atoms with Crippen LogP contribution in [-0.4, -0.2) is 43.6 Å². The highest BCUT2D eigenvalue weighted by atomic mass is 16.2. The summed E-state index contributed by atoms with van der Waals surface area (Å²) < 4.78 is 2.41. The fraction of sp³-hybridized carbons (Fsp3) is 0.611. The van der Waals surface area contributed by atoms with E-state index in [9.17, 15) is 4.79 Å². The lowest BCUT2D eigenvalue weighted by molar-refractivity contribution is 0.0676. The monoisotopic (exact) mass is 327 g/mol. The topological polar surface area (TPSA) is 66.8 Å². The van der Waals surface area contributed by atoms with Gasteiger partial charge in [-0.2, -0.15) is 5.10 Å². The third-order valence-corrected chi connectivity index (χ3v) is 5.30. The highest BCUT2D eigenvalue weighted by molar-refractivity contribution is 5.92. The van der Waals surface area contributed by atoms with Crippen LogP contribution >= 0.6 is 0 Å². The summed E-state index contributed by atoms with van der Waals surface area (Å²) in [6, 6.07) is 1.82. The number of aromatic nitrogens is 4. The summed E-state index contributed by atoms with van der Waals surface area (Å²) in [6.07, 6.45) is 6.68. The molecule has 1 amide bonds. The van der Waals surface area contributed by atoms with Gasteiger partial charge in [0.25, 0.3) is 5.91 Å². The number of nitrogens with one attached hydrogen (secondary N) is 1. The predicted octanol–water partition coefficient (Wildman–Crippen LogP) is 2.65. The highest BCUT2D eigenvalue weighted by Gasteiger charge is 2.30. The number of nitrogens with zero attached hydrogens (tertiary/aromatic N) is 4. The Morgan fingerprint density at radius 3 is 2.62 bits per heavy atom. The molecule has 0 bridgehead atoms. The molecule has 2 aliphatic rings. The average Bonchev–Trinajstić information content (AvgIpc) is 3.24. The average molecular weight is 327 g/mol. The van der Waals surface area contributed by atoms with Crippen LogP contribution in [0.1, 0.15) is 59.3 Å². The van der Waals surface area contributed by atoms with Gasteiger partial charge < -0.3 is 9.47 Å². The Kier molecular flexibility index (Phi) is 3.90. The first kappa shape index (κ1) is 15.4. The maximum Gasteiger partial charge on any atom is 0.274 e. The summed E-state index contributed by atoms with van der Waals surface area (Å²) in [7, 11) is 0. The molecule has 1 saturated carbocycles. The van der Waals surface area contributed by atoms with E-state index in [-0.39, 0.29) is 5.91 Å². The lowest BCUT2D eigenvalue weighted by atomic mass is 9.96. The zero-order valence-electron chi connectivity index (χ0n) is 14.5. The molecule has 2 aromatic heterocycles. The number of aromatic amines is 1. The van der Waals surface area contributed by atoms with Crippen molar-refractivity contribution in [3.63, 3.8) is 0 Å². The minimum atomic E-state index is 0.0512. The first-order chi connectivity index (χ1) is 11.6. The molecule has 0 radical (unpaired) electrons. The van der Waals surface area contributed by atoms with Crippen molar-refractivity contribution in [3.05, 3.63) is 35.2 Å². The Hall–Kier alpha value is -2.11. The molecular weight excluding hydrogens is 302 g/mol. The molecule has 6 nitrogen and oxygen atoms in total. The lowest BCUT2D eigenvalue weighted by Gasteiger charge is -2.32. The van der Waals surface area contributed by atoms with E-state index < -0.39 is 0 Å². The van der Waals surface area contributed by atoms with Crippen molar-refractivity contribution in [2.75, 3.05) is 13.1 Å². The summed E-state index contributed by atoms with van der Waals surface area (Å²) in [5, 5.41) is 6.94. The number of rotatable bonds is 4. The molecule has 1 aliphatic heterocycles. The SMILES string of the molecule is Cc1cc(C(=O)N2CCC(Cn3c(C)cnc3C3CC3)CC2)n[nH]1. The highest BCUT2D eigenvalue weighted by Crippen LogP contribution is 2.40. The Labute approximate surface area is 142 Å². The van der Waals surface area contributed by atoms with Crippen LogP contribution in [0.5, 0.6) is 0 Å². The van der Waals surface area contributed by atoms with E-state index in [0.29, 0.717) is 17.5 Å². The van der Waals surface area contributed by atoms with Gasteiger partial charge in [-0.15, -0.1) is 0 Å². The summed E-state index contributed by atoms with van der Waals surface area (Å²) >= 11 is 0. The number of carbonyl (C=O) groups is 1. The third kappa shape index (κ3) is 2.97. The normalized spacial score (nSPS) is 19.0. The number of H-pyrrole nitrogens is 1. The minimum absolute atomic E-state index is 0.0512. The molecule has 1 N–H and O–H groups in total. The van der Waals surface area contributed by atoms with Gasteiger partial charge in [-0.05, 0) is 51.5 Å². The molecule has 6 heteroatoms. The number of carbonyl (C=O) groups excluding carboxylic acids is 1. The molecule has 2 fully saturated rings. The van der Waals surface area contributed by atoms with Crippen molar-refractivity contribution in [2.45, 2.75) is 52.0 Å². The molecule has 1 aliphatic carbocycles. The predicted molar refractivity (Wildman–Crippen MR) is 90.9 cm³/mol. The van der Waals surface area contributed by atoms with Gasteiger partial charge in [0, 0.05) is 43.1 Å². The van der Waals surface area contributed by atoms with Crippen LogP contribution in [0.2, 0.25) is 0 Å². The quantitative estimate of drug-likeness (QED) is 0.939. The van der Waals surface area contributed by atoms with E-state index in [1.165, 1.54) is 24.4 Å². The smallest absolute Gasteiger partial charge is 0.274 e. The fourth-order valence-electron chi connectivity index (χ4n) is 3.65. The van der Waals surface area contributed by atoms with Crippen molar-refractivity contribution in [1.82, 2.24) is 24.6 Å². The molecule has 128 valence electrons. The number of imidazole rings is 1. The van der Waals surface area contributed by atoms with Gasteiger partial charge in [0.2, 0.25) is 0 Å². The number of likely N-dealkylation sites (tertiary alicyclic amines) is 1. The van der Waals surface area contributed by atoms with Gasteiger partial charge in [0.15, 0.2) is 0 Å². The second-order valence-electron chi connectivity index (χ2n) is 7.31. The Morgan fingerprint density at radius 2 is 2.00 bits per heavy atom. The molecule has 0 spiro atoms. The third-order valence-electron chi connectivity index (χ3n) is 5.30. The van der Waals surface area contributed by atoms with Crippen molar-refractivity contribution in [2.24, 2.45) is 5.92 Å². The van der Waals surface area contributed by atoms with Crippen LogP contribution in [0.3, 0.4) is 0 Å². The molecule has 0 aromatic carbocycles. The van der Waals surface area contributed by atoms with Crippen molar-refractivity contribution in [1.29, 1.82) is 0 Å². The van der Waals surface area contributed by atoms with Gasteiger partial charge in [-0.3, -0.25) is 9.89 Å². The molecule has 0 unspecified atom stereocenters. The standard InChI is InChI=1S/C18H25N5O/c1-12-9-16(21-20-12)18(24)22-7-5-14(6-8-22)11-23-13(2)10-19-17(23)15-3-4-15/h9-10,14-15H,3-8,11H2,1-2H3,(H,20,21). The number of aryl methyl sites for hydroxylation is 2. The van der Waals surface area contributed by atoms with Gasteiger partial charge in [-0.25, -0.2) is 4.98 Å². The molecule has 0 atom stereocenters. The second-order valence-corrected chi connectivity index (χ2v) is 7.31. The molecule has 3 heterocycles. The largest absolute Gasteiger partial charge is 0.337 e. The number of hydrogen-bond acceptors (Lipinski definition) is 3. The maximum atomic E-state index is 12.5. The molecular formula is C18H25N5O. The van der Waals surface area contributed by atoms with Gasteiger partial charge in [0.05, 0.1) is 0 Å². The maximum absolute atomic E-state index is 12.5. The Bertz CT molecular complexity index is 734. The van der Waals surface area contributed by atoms with Gasteiger partial charge >= 0.3 is 0 Å². The zero-order valence-corrected chi connectivity index (χ0v) is 14.5. The van der Waals surface area contributed by atoms with Crippen LogP contribution in [-0.2, 0) is 6.54 Å². The van der Waals surface area contributed by atoms with Crippen LogP contribution in [0.15, 0.2) is 12.3 Å². The van der Waals surface area contributed by atoms with Crippen molar-refractivity contribution >= 4 is 5.91 Å². The Balaban J connectivity index is 1.36. The number of hydrogen-bond donors (Lipinski definition) is 1. The molecule has 1 saturated heterocycles. The van der Waals surface area contributed by atoms with Gasteiger partial charge in [-0.1, -0.05) is 0 Å². The van der Waals surface area contributed by atoms with Crippen molar-refractivity contribution < 1.29 is 4.79 Å². The first-order valence-corrected chi connectivity index (χ1v) is 8.95. The zero-order chi connectivity index (χ0) is 16.7. The van der Waals surface area contributed by atoms with E-state index in [1.807, 2.05) is 24.1 Å². The van der Waals surface area contributed by atoms with E-state index in [1.54, 1.807) is 0 Å². The van der Waals surface area contributed by atoms with Crippen molar-refractivity contribution in [3.8, 4) is 0 Å². The Morgan fingerprint density at radius 1 is 1.25 bits per heavy atom. The first-order valence-electron chi connectivity index (χ1n) is 8.95. The minimum Gasteiger partial charge on any atom is -0.337 e. The number of amides is 1. The van der Waals surface area contributed by atoms with Crippen LogP contribution in [0, 0.1) is 19.8 Å². The van der Waals surface area contributed by atoms with Crippen LogP contribution in [0.25, 0.3) is 0 Å². The summed E-state index contributed by atoms with van der Waals surface area (Å²) in [5.74, 6) is 2.64. The van der Waals surface area contributed by atoms with Gasteiger partial charge in [0.1, 0.15) is 11.5 Å². The summed E-state index contributed by atoms with van der Waals surface area (Å²) in [5.41, 5.74) is 2.73. The summed E-state index contributed by atoms with van der Waals surface area (Å²) in [4.78, 5) is 19.0. The van der Waals surface area contributed by atoms with E-state index >= 15 is 0 Å². The van der Waals surface area contributed by atoms with Crippen LogP contribution < -0.4 is 0 Å². The second kappa shape index (κ2) is 6.07. The fourth-order valence-corrected chi connectivity index (χ4v) is 3.65. The molecule has 2 aromatic rings. The lowest BCUT2D eigenvalue weighted by Crippen LogP contribution is -2.39. The van der Waals surface area contributed by atoms with Crippen LogP contribution in [0.4, 0.5) is 0 Å². The summed E-state index contributed by atoms with van der Waals surface area (Å²) in [6.45, 7) is 6.75. The van der Waals surface area contributed by atoms with E-state index in [4.69, 9.17) is 0 Å². The number of piperidine rings is 1.